The summed E-state index contributed by atoms with van der Waals surface area (Å²) in [5.74, 6) is -0.669. The molecule has 2 aliphatic rings. The Hall–Kier alpha value is -1.75. The summed E-state index contributed by atoms with van der Waals surface area (Å²) in [5, 5.41) is 15.6. The molecule has 1 unspecified atom stereocenters. The number of carbonyl (C=O) groups is 2. The first-order valence-electron chi connectivity index (χ1n) is 8.38. The van der Waals surface area contributed by atoms with E-state index in [1.807, 2.05) is 12.1 Å². The average molecular weight is 351 g/mol. The second kappa shape index (κ2) is 6.63. The monoisotopic (exact) mass is 350 g/mol. The maximum absolute atomic E-state index is 11.9. The van der Waals surface area contributed by atoms with Gasteiger partial charge in [-0.25, -0.2) is 4.79 Å². The van der Waals surface area contributed by atoms with Crippen molar-refractivity contribution in [3.05, 3.63) is 34.9 Å². The van der Waals surface area contributed by atoms with E-state index in [2.05, 4.69) is 10.6 Å². The fourth-order valence-electron chi connectivity index (χ4n) is 4.05. The lowest BCUT2D eigenvalue weighted by atomic mass is 9.48. The van der Waals surface area contributed by atoms with Crippen LogP contribution in [0.3, 0.4) is 0 Å². The molecule has 24 heavy (non-hydrogen) atoms. The zero-order chi connectivity index (χ0) is 17.3. The first-order chi connectivity index (χ1) is 11.4. The topological polar surface area (TPSA) is 78.4 Å². The zero-order valence-corrected chi connectivity index (χ0v) is 14.5. The van der Waals surface area contributed by atoms with Crippen LogP contribution >= 0.6 is 11.6 Å². The highest BCUT2D eigenvalue weighted by Gasteiger charge is 2.54. The molecule has 0 radical (unpaired) electrons. The van der Waals surface area contributed by atoms with Crippen molar-refractivity contribution in [3.63, 3.8) is 0 Å². The Morgan fingerprint density at radius 1 is 1.25 bits per heavy atom. The Morgan fingerprint density at radius 2 is 1.88 bits per heavy atom. The largest absolute Gasteiger partial charge is 0.481 e. The van der Waals surface area contributed by atoms with Gasteiger partial charge in [-0.15, -0.1) is 0 Å². The van der Waals surface area contributed by atoms with Crippen LogP contribution in [0.15, 0.2) is 24.3 Å². The first kappa shape index (κ1) is 17.1. The molecule has 1 atom stereocenters. The second-order valence-corrected chi connectivity index (χ2v) is 7.79. The van der Waals surface area contributed by atoms with Crippen LogP contribution in [0, 0.1) is 17.3 Å². The number of carboxylic acid groups (broad SMARTS) is 1. The summed E-state index contributed by atoms with van der Waals surface area (Å²) in [4.78, 5) is 22.9. The van der Waals surface area contributed by atoms with Crippen molar-refractivity contribution in [2.45, 2.75) is 45.2 Å². The standard InChI is InChI=1S/C18H23ClN2O3/c1-11(16(22)23)13-6-18(7-13)8-15(9-18)21-17(24)20-10-12-2-4-14(19)5-3-12/h2-5,11,13,15H,6-10H2,1H3,(H,22,23)(H2,20,21,24). The number of carboxylic acids is 1. The van der Waals surface area contributed by atoms with Crippen LogP contribution < -0.4 is 10.6 Å². The summed E-state index contributed by atoms with van der Waals surface area (Å²) in [6.07, 6.45) is 3.88. The van der Waals surface area contributed by atoms with E-state index in [-0.39, 0.29) is 23.4 Å². The molecule has 0 heterocycles. The van der Waals surface area contributed by atoms with Gasteiger partial charge >= 0.3 is 12.0 Å². The normalized spacial score (nSPS) is 29.2. The summed E-state index contributed by atoms with van der Waals surface area (Å²) in [5.41, 5.74) is 1.28. The molecular weight excluding hydrogens is 328 g/mol. The Balaban J connectivity index is 1.35. The van der Waals surface area contributed by atoms with E-state index in [4.69, 9.17) is 16.7 Å². The molecule has 0 aromatic heterocycles. The van der Waals surface area contributed by atoms with E-state index < -0.39 is 5.97 Å². The van der Waals surface area contributed by atoms with Gasteiger partial charge < -0.3 is 15.7 Å². The van der Waals surface area contributed by atoms with Crippen LogP contribution in [0.1, 0.15) is 38.2 Å². The number of rotatable bonds is 5. The van der Waals surface area contributed by atoms with Crippen LogP contribution in [0.2, 0.25) is 5.02 Å². The minimum absolute atomic E-state index is 0.153. The Bertz CT molecular complexity index is 618. The van der Waals surface area contributed by atoms with Gasteiger partial charge in [-0.05, 0) is 54.7 Å². The van der Waals surface area contributed by atoms with Crippen LogP contribution in [-0.4, -0.2) is 23.1 Å². The molecule has 5 nitrogen and oxygen atoms in total. The van der Waals surface area contributed by atoms with Gasteiger partial charge in [0, 0.05) is 17.6 Å². The third-order valence-corrected chi connectivity index (χ3v) is 5.80. The summed E-state index contributed by atoms with van der Waals surface area (Å²) in [7, 11) is 0. The van der Waals surface area contributed by atoms with Crippen LogP contribution in [0.5, 0.6) is 0 Å². The fraction of sp³-hybridized carbons (Fsp3) is 0.556. The number of hydrogen-bond acceptors (Lipinski definition) is 2. The molecule has 1 spiro atoms. The van der Waals surface area contributed by atoms with Crippen molar-refractivity contribution in [2.24, 2.45) is 17.3 Å². The van der Waals surface area contributed by atoms with Crippen LogP contribution in [-0.2, 0) is 11.3 Å². The number of nitrogens with one attached hydrogen (secondary N) is 2. The van der Waals surface area contributed by atoms with E-state index in [0.717, 1.165) is 31.2 Å². The van der Waals surface area contributed by atoms with E-state index in [1.54, 1.807) is 19.1 Å². The number of benzene rings is 1. The van der Waals surface area contributed by atoms with Crippen LogP contribution in [0.25, 0.3) is 0 Å². The predicted molar refractivity (Wildman–Crippen MR) is 91.8 cm³/mol. The zero-order valence-electron chi connectivity index (χ0n) is 13.7. The van der Waals surface area contributed by atoms with Crippen molar-refractivity contribution in [1.29, 1.82) is 0 Å². The molecule has 2 aliphatic carbocycles. The lowest BCUT2D eigenvalue weighted by Gasteiger charge is -2.58. The molecule has 2 saturated carbocycles. The van der Waals surface area contributed by atoms with Gasteiger partial charge in [0.1, 0.15) is 0 Å². The lowest BCUT2D eigenvalue weighted by Crippen LogP contribution is -2.58. The van der Waals surface area contributed by atoms with E-state index in [9.17, 15) is 9.59 Å². The Labute approximate surface area is 146 Å². The molecule has 0 bridgehead atoms. The summed E-state index contributed by atoms with van der Waals surface area (Å²) in [6, 6.07) is 7.43. The molecule has 3 N–H and O–H groups in total. The quantitative estimate of drug-likeness (QED) is 0.761. The summed E-state index contributed by atoms with van der Waals surface area (Å²) in [6.45, 7) is 2.26. The molecule has 1 aromatic carbocycles. The van der Waals surface area contributed by atoms with Gasteiger partial charge in [0.25, 0.3) is 0 Å². The number of hydrogen-bond donors (Lipinski definition) is 3. The van der Waals surface area contributed by atoms with Crippen molar-refractivity contribution in [3.8, 4) is 0 Å². The molecule has 6 heteroatoms. The maximum atomic E-state index is 11.9. The maximum Gasteiger partial charge on any atom is 0.315 e. The molecule has 0 saturated heterocycles. The number of aliphatic carboxylic acids is 1. The van der Waals surface area contributed by atoms with Crippen molar-refractivity contribution in [2.75, 3.05) is 0 Å². The number of amides is 2. The average Bonchev–Trinajstić information content (AvgIpc) is 2.47. The number of halogens is 1. The van der Waals surface area contributed by atoms with E-state index in [0.29, 0.717) is 17.5 Å². The second-order valence-electron chi connectivity index (χ2n) is 7.35. The van der Waals surface area contributed by atoms with Gasteiger partial charge in [-0.2, -0.15) is 0 Å². The SMILES string of the molecule is CC(C(=O)O)C1CC2(CC(NC(=O)NCc3ccc(Cl)cc3)C2)C1. The lowest BCUT2D eigenvalue weighted by molar-refractivity contribution is -0.149. The smallest absolute Gasteiger partial charge is 0.315 e. The molecule has 130 valence electrons. The van der Waals surface area contributed by atoms with Crippen molar-refractivity contribution in [1.82, 2.24) is 10.6 Å². The Kier molecular flexibility index (Phi) is 4.72. The van der Waals surface area contributed by atoms with E-state index in [1.165, 1.54) is 0 Å². The molecule has 2 amide bonds. The summed E-state index contributed by atoms with van der Waals surface area (Å²) >= 11 is 5.83. The molecule has 1 aromatic rings. The van der Waals surface area contributed by atoms with Crippen molar-refractivity contribution >= 4 is 23.6 Å². The number of carbonyl (C=O) groups excluding carboxylic acids is 1. The highest BCUT2D eigenvalue weighted by atomic mass is 35.5. The highest BCUT2D eigenvalue weighted by Crippen LogP contribution is 2.60. The minimum Gasteiger partial charge on any atom is -0.481 e. The van der Waals surface area contributed by atoms with E-state index >= 15 is 0 Å². The third kappa shape index (κ3) is 3.66. The number of urea groups is 1. The van der Waals surface area contributed by atoms with Crippen molar-refractivity contribution < 1.29 is 14.7 Å². The third-order valence-electron chi connectivity index (χ3n) is 5.55. The minimum atomic E-state index is -0.703. The molecule has 0 aliphatic heterocycles. The Morgan fingerprint density at radius 3 is 2.46 bits per heavy atom. The fourth-order valence-corrected chi connectivity index (χ4v) is 4.18. The summed E-state index contributed by atoms with van der Waals surface area (Å²) < 4.78 is 0. The first-order valence-corrected chi connectivity index (χ1v) is 8.76. The van der Waals surface area contributed by atoms with Gasteiger partial charge in [0.15, 0.2) is 0 Å². The van der Waals surface area contributed by atoms with Gasteiger partial charge in [-0.1, -0.05) is 30.7 Å². The highest BCUT2D eigenvalue weighted by molar-refractivity contribution is 6.30. The molecular formula is C18H23ClN2O3. The van der Waals surface area contributed by atoms with Gasteiger partial charge in [-0.3, -0.25) is 4.79 Å². The molecule has 2 fully saturated rings. The molecule has 3 rings (SSSR count). The van der Waals surface area contributed by atoms with Gasteiger partial charge in [0.2, 0.25) is 0 Å². The predicted octanol–water partition coefficient (Wildman–Crippen LogP) is 3.42. The van der Waals surface area contributed by atoms with Gasteiger partial charge in [0.05, 0.1) is 5.92 Å². The van der Waals surface area contributed by atoms with Crippen LogP contribution in [0.4, 0.5) is 4.79 Å².